The molecule has 0 bridgehead atoms. The summed E-state index contributed by atoms with van der Waals surface area (Å²) in [7, 11) is 0. The molecule has 3 aromatic rings. The fourth-order valence-corrected chi connectivity index (χ4v) is 4.81. The van der Waals surface area contributed by atoms with Crippen molar-refractivity contribution < 1.29 is 4.79 Å². The molecule has 7 nitrogen and oxygen atoms in total. The van der Waals surface area contributed by atoms with Gasteiger partial charge in [-0.3, -0.25) is 4.79 Å². The number of carbonyl (C=O) groups excluding carboxylic acids is 1. The third kappa shape index (κ3) is 3.62. The maximum Gasteiger partial charge on any atom is 0.233 e. The van der Waals surface area contributed by atoms with Gasteiger partial charge < -0.3 is 10.6 Å². The number of aromatic amines is 1. The van der Waals surface area contributed by atoms with Gasteiger partial charge in [0.1, 0.15) is 0 Å². The molecule has 1 aliphatic rings. The minimum Gasteiger partial charge on any atom is -0.368 e. The molecule has 3 heterocycles. The average Bonchev–Trinajstić information content (AvgIpc) is 3.25. The van der Waals surface area contributed by atoms with Crippen molar-refractivity contribution in [3.8, 4) is 0 Å². The molecule has 1 fully saturated rings. The second kappa shape index (κ2) is 7.01. The molecular weight excluding hydrogens is 356 g/mol. The van der Waals surface area contributed by atoms with Crippen LogP contribution in [-0.2, 0) is 4.79 Å². The first-order valence-electron chi connectivity index (χ1n) is 8.13. The van der Waals surface area contributed by atoms with E-state index >= 15 is 0 Å². The molecule has 0 spiro atoms. The first-order valence-corrected chi connectivity index (χ1v) is 9.93. The number of likely N-dealkylation sites (tertiary alicyclic amines) is 1. The molecule has 1 atom stereocenters. The number of nitrogens with zero attached hydrogens (tertiary/aromatic N) is 4. The van der Waals surface area contributed by atoms with Gasteiger partial charge in [0.05, 0.1) is 21.0 Å². The Bertz CT molecular complexity index is 859. The molecule has 0 saturated carbocycles. The van der Waals surface area contributed by atoms with Gasteiger partial charge in [-0.1, -0.05) is 23.9 Å². The summed E-state index contributed by atoms with van der Waals surface area (Å²) in [6, 6.07) is 8.19. The summed E-state index contributed by atoms with van der Waals surface area (Å²) in [5.74, 6) is 1.02. The highest BCUT2D eigenvalue weighted by atomic mass is 32.2. The van der Waals surface area contributed by atoms with Crippen LogP contribution in [0.3, 0.4) is 0 Å². The molecule has 2 aromatic heterocycles. The molecule has 1 amide bonds. The second-order valence-electron chi connectivity index (χ2n) is 5.99. The number of piperidine rings is 1. The first-order chi connectivity index (χ1) is 12.2. The molecule has 9 heteroatoms. The number of benzene rings is 1. The maximum atomic E-state index is 12.5. The van der Waals surface area contributed by atoms with Gasteiger partial charge in [0, 0.05) is 19.0 Å². The standard InChI is InChI=1S/C16H18N6OS2/c17-15-19-16(21-20-15)24-9-13(23)22-7-3-4-10(8-22)14-18-11-5-1-2-6-12(11)25-14/h1-2,5-6,10H,3-4,7-9H2,(H3,17,19,20,21)/t10-/m0/s1. The number of thioether (sulfide) groups is 1. The van der Waals surface area contributed by atoms with Crippen LogP contribution in [0.15, 0.2) is 29.4 Å². The van der Waals surface area contributed by atoms with E-state index < -0.39 is 0 Å². The van der Waals surface area contributed by atoms with Gasteiger partial charge in [-0.15, -0.1) is 16.4 Å². The lowest BCUT2D eigenvalue weighted by Crippen LogP contribution is -2.40. The molecule has 1 saturated heterocycles. The molecule has 4 rings (SSSR count). The van der Waals surface area contributed by atoms with Crippen LogP contribution in [-0.4, -0.2) is 49.8 Å². The number of aromatic nitrogens is 4. The lowest BCUT2D eigenvalue weighted by molar-refractivity contribution is -0.129. The van der Waals surface area contributed by atoms with E-state index in [1.165, 1.54) is 16.5 Å². The zero-order valence-electron chi connectivity index (χ0n) is 13.5. The Hall–Kier alpha value is -2.13. The van der Waals surface area contributed by atoms with E-state index in [1.807, 2.05) is 23.1 Å². The van der Waals surface area contributed by atoms with E-state index in [0.717, 1.165) is 36.5 Å². The summed E-state index contributed by atoms with van der Waals surface area (Å²) in [4.78, 5) is 23.2. The third-order valence-corrected chi connectivity index (χ3v) is 6.27. The lowest BCUT2D eigenvalue weighted by Gasteiger charge is -2.31. The number of para-hydroxylation sites is 1. The number of rotatable bonds is 4. The second-order valence-corrected chi connectivity index (χ2v) is 8.00. The van der Waals surface area contributed by atoms with E-state index in [2.05, 4.69) is 21.2 Å². The molecule has 1 aliphatic heterocycles. The lowest BCUT2D eigenvalue weighted by atomic mass is 9.99. The fraction of sp³-hybridized carbons (Fsp3) is 0.375. The van der Waals surface area contributed by atoms with Gasteiger partial charge in [0.25, 0.3) is 0 Å². The van der Waals surface area contributed by atoms with Gasteiger partial charge in [0.2, 0.25) is 17.0 Å². The molecular formula is C16H18N6OS2. The van der Waals surface area contributed by atoms with Crippen molar-refractivity contribution in [2.24, 2.45) is 0 Å². The topological polar surface area (TPSA) is 101 Å². The minimum absolute atomic E-state index is 0.110. The number of nitrogens with two attached hydrogens (primary N) is 1. The first kappa shape index (κ1) is 16.3. The summed E-state index contributed by atoms with van der Waals surface area (Å²) < 4.78 is 1.21. The smallest absolute Gasteiger partial charge is 0.233 e. The number of carbonyl (C=O) groups is 1. The highest BCUT2D eigenvalue weighted by molar-refractivity contribution is 7.99. The van der Waals surface area contributed by atoms with Crippen molar-refractivity contribution in [2.75, 3.05) is 24.6 Å². The van der Waals surface area contributed by atoms with Crippen LogP contribution in [0.2, 0.25) is 0 Å². The van der Waals surface area contributed by atoms with Crippen molar-refractivity contribution >= 4 is 45.2 Å². The van der Waals surface area contributed by atoms with Gasteiger partial charge in [-0.05, 0) is 25.0 Å². The highest BCUT2D eigenvalue weighted by Gasteiger charge is 2.27. The molecule has 130 valence electrons. The van der Waals surface area contributed by atoms with Crippen LogP contribution in [0.4, 0.5) is 5.95 Å². The summed E-state index contributed by atoms with van der Waals surface area (Å²) in [6.07, 6.45) is 2.08. The molecule has 0 radical (unpaired) electrons. The van der Waals surface area contributed by atoms with Gasteiger partial charge in [-0.25, -0.2) is 10.1 Å². The summed E-state index contributed by atoms with van der Waals surface area (Å²) in [5.41, 5.74) is 6.54. The monoisotopic (exact) mass is 374 g/mol. The number of thiazole rings is 1. The van der Waals surface area contributed by atoms with E-state index in [1.54, 1.807) is 11.3 Å². The summed E-state index contributed by atoms with van der Waals surface area (Å²) in [6.45, 7) is 1.53. The molecule has 1 aromatic carbocycles. The Kier molecular flexibility index (Phi) is 4.58. The predicted molar refractivity (Wildman–Crippen MR) is 99.7 cm³/mol. The van der Waals surface area contributed by atoms with E-state index in [0.29, 0.717) is 16.8 Å². The van der Waals surface area contributed by atoms with Crippen molar-refractivity contribution in [2.45, 2.75) is 23.9 Å². The van der Waals surface area contributed by atoms with Crippen LogP contribution >= 0.6 is 23.1 Å². The summed E-state index contributed by atoms with van der Waals surface area (Å²) >= 11 is 3.04. The number of nitrogens with one attached hydrogen (secondary N) is 1. The number of hydrogen-bond acceptors (Lipinski definition) is 7. The average molecular weight is 374 g/mol. The van der Waals surface area contributed by atoms with Crippen molar-refractivity contribution in [1.82, 2.24) is 25.1 Å². The Morgan fingerprint density at radius 1 is 1.40 bits per heavy atom. The molecule has 3 N–H and O–H groups in total. The summed E-state index contributed by atoms with van der Waals surface area (Å²) in [5, 5.41) is 8.16. The van der Waals surface area contributed by atoms with E-state index in [-0.39, 0.29) is 11.9 Å². The van der Waals surface area contributed by atoms with Gasteiger partial charge >= 0.3 is 0 Å². The predicted octanol–water partition coefficient (Wildman–Crippen LogP) is 2.49. The zero-order chi connectivity index (χ0) is 17.2. The fourth-order valence-electron chi connectivity index (χ4n) is 3.01. The molecule has 0 unspecified atom stereocenters. The van der Waals surface area contributed by atoms with Crippen LogP contribution < -0.4 is 5.73 Å². The third-order valence-electron chi connectivity index (χ3n) is 4.24. The Morgan fingerprint density at radius 2 is 2.28 bits per heavy atom. The Labute approximate surface area is 153 Å². The number of fused-ring (bicyclic) bond motifs is 1. The zero-order valence-corrected chi connectivity index (χ0v) is 15.1. The molecule has 0 aliphatic carbocycles. The number of nitrogen functional groups attached to an aromatic ring is 1. The normalized spacial score (nSPS) is 17.9. The van der Waals surface area contributed by atoms with Gasteiger partial charge in [-0.2, -0.15) is 4.98 Å². The Balaban J connectivity index is 1.40. The van der Waals surface area contributed by atoms with Crippen molar-refractivity contribution in [3.05, 3.63) is 29.3 Å². The SMILES string of the molecule is Nc1nc(SCC(=O)N2CCC[C@H](c3nc4ccccc4s3)C2)n[nH]1. The number of hydrogen-bond donors (Lipinski definition) is 2. The van der Waals surface area contributed by atoms with Crippen LogP contribution in [0.25, 0.3) is 10.2 Å². The van der Waals surface area contributed by atoms with Crippen molar-refractivity contribution in [1.29, 1.82) is 0 Å². The van der Waals surface area contributed by atoms with Crippen LogP contribution in [0.5, 0.6) is 0 Å². The van der Waals surface area contributed by atoms with Crippen LogP contribution in [0, 0.1) is 0 Å². The number of amides is 1. The van der Waals surface area contributed by atoms with E-state index in [9.17, 15) is 4.79 Å². The maximum absolute atomic E-state index is 12.5. The van der Waals surface area contributed by atoms with E-state index in [4.69, 9.17) is 10.7 Å². The van der Waals surface area contributed by atoms with Crippen molar-refractivity contribution in [3.63, 3.8) is 0 Å². The number of anilines is 1. The largest absolute Gasteiger partial charge is 0.368 e. The van der Waals surface area contributed by atoms with Crippen LogP contribution in [0.1, 0.15) is 23.8 Å². The highest BCUT2D eigenvalue weighted by Crippen LogP contribution is 2.33. The number of H-pyrrole nitrogens is 1. The quantitative estimate of drug-likeness (QED) is 0.681. The minimum atomic E-state index is 0.110. The molecule has 25 heavy (non-hydrogen) atoms. The Morgan fingerprint density at radius 3 is 3.08 bits per heavy atom. The van der Waals surface area contributed by atoms with Gasteiger partial charge in [0.15, 0.2) is 0 Å².